The lowest BCUT2D eigenvalue weighted by Crippen LogP contribution is -2.39. The molecule has 3 aromatic rings. The maximum Gasteiger partial charge on any atom is 0.337 e. The summed E-state index contributed by atoms with van der Waals surface area (Å²) in [6.45, 7) is 4.68. The number of ether oxygens (including phenoxy) is 4. The number of hydrogen-bond donors (Lipinski definition) is 0. The lowest BCUT2D eigenvalue weighted by Gasteiger charge is -2.23. The Morgan fingerprint density at radius 2 is 1.89 bits per heavy atom. The van der Waals surface area contributed by atoms with Gasteiger partial charge >= 0.3 is 5.97 Å². The zero-order chi connectivity index (χ0) is 26.7. The van der Waals surface area contributed by atoms with Crippen molar-refractivity contribution in [2.75, 3.05) is 27.4 Å². The van der Waals surface area contributed by atoms with Crippen molar-refractivity contribution in [3.8, 4) is 17.2 Å². The number of halogens is 2. The van der Waals surface area contributed by atoms with Crippen molar-refractivity contribution < 1.29 is 23.7 Å². The van der Waals surface area contributed by atoms with Crippen LogP contribution < -0.4 is 29.1 Å². The highest BCUT2D eigenvalue weighted by atomic mass is 127. The third kappa shape index (κ3) is 5.48. The summed E-state index contributed by atoms with van der Waals surface area (Å²) >= 11 is 6.96. The predicted octanol–water partition coefficient (Wildman–Crippen LogP) is 4.19. The minimum atomic E-state index is -0.747. The number of carbonyl (C=O) groups is 1. The molecule has 1 aromatic heterocycles. The van der Waals surface area contributed by atoms with Crippen LogP contribution in [-0.4, -0.2) is 38.0 Å². The topological polar surface area (TPSA) is 88.4 Å². The largest absolute Gasteiger partial charge is 0.494 e. The molecule has 0 N–H and O–H groups in total. The van der Waals surface area contributed by atoms with Crippen LogP contribution in [-0.2, 0) is 9.53 Å². The Bertz CT molecular complexity index is 1540. The van der Waals surface area contributed by atoms with E-state index in [1.165, 1.54) is 29.2 Å². The molecule has 1 aliphatic rings. The molecule has 0 saturated carbocycles. The van der Waals surface area contributed by atoms with Crippen LogP contribution in [0.25, 0.3) is 6.08 Å². The van der Waals surface area contributed by atoms with Gasteiger partial charge in [0.15, 0.2) is 16.3 Å². The second-order valence-corrected chi connectivity index (χ2v) is 10.8. The van der Waals surface area contributed by atoms with Gasteiger partial charge in [-0.2, -0.15) is 0 Å². The minimum absolute atomic E-state index is 0.245. The summed E-state index contributed by atoms with van der Waals surface area (Å²) in [5.41, 5.74) is 1.48. The van der Waals surface area contributed by atoms with Gasteiger partial charge in [-0.25, -0.2) is 9.79 Å². The Balaban J connectivity index is 1.90. The highest BCUT2D eigenvalue weighted by Gasteiger charge is 2.31. The minimum Gasteiger partial charge on any atom is -0.494 e. The normalized spacial score (nSPS) is 14.9. The SMILES string of the molecule is CCOc1ccc([C@@H]2C(C(=O)OC)=CN=c3s/c(=C\c4cc(Br)c(OC)c(I)c4)c(=O)n32)cc1OCC. The van der Waals surface area contributed by atoms with Crippen molar-refractivity contribution >= 4 is 61.9 Å². The molecule has 0 saturated heterocycles. The van der Waals surface area contributed by atoms with E-state index < -0.39 is 12.0 Å². The van der Waals surface area contributed by atoms with Crippen molar-refractivity contribution in [3.05, 3.63) is 81.0 Å². The molecule has 37 heavy (non-hydrogen) atoms. The zero-order valence-corrected chi connectivity index (χ0v) is 25.1. The standard InChI is InChI=1S/C26H24BrIN2O6S/c1-5-35-19-8-7-15(12-20(19)36-6-2)22-16(25(32)34-4)13-29-26-30(22)24(31)21(37-26)11-14-9-17(27)23(33-3)18(28)10-14/h7-13,22H,5-6H2,1-4H3/b21-11-/t22-/m1/s1. The molecule has 4 rings (SSSR count). The average Bonchev–Trinajstić information content (AvgIpc) is 3.19. The highest BCUT2D eigenvalue weighted by molar-refractivity contribution is 14.1. The lowest BCUT2D eigenvalue weighted by atomic mass is 9.97. The molecule has 8 nitrogen and oxygen atoms in total. The molecule has 2 aromatic carbocycles. The van der Waals surface area contributed by atoms with E-state index >= 15 is 0 Å². The summed E-state index contributed by atoms with van der Waals surface area (Å²) in [5.74, 6) is 1.28. The van der Waals surface area contributed by atoms with Crippen LogP contribution in [0, 0.1) is 3.57 Å². The molecule has 194 valence electrons. The number of benzene rings is 2. The first kappa shape index (κ1) is 27.4. The van der Waals surface area contributed by atoms with E-state index in [0.29, 0.717) is 39.6 Å². The first-order chi connectivity index (χ1) is 17.8. The molecule has 11 heteroatoms. The van der Waals surface area contributed by atoms with Gasteiger partial charge in [-0.1, -0.05) is 17.4 Å². The fraction of sp³-hybridized carbons (Fsp3) is 0.269. The zero-order valence-electron chi connectivity index (χ0n) is 20.5. The molecule has 0 fully saturated rings. The summed E-state index contributed by atoms with van der Waals surface area (Å²) in [6.07, 6.45) is 3.27. The first-order valence-electron chi connectivity index (χ1n) is 11.3. The van der Waals surface area contributed by atoms with Crippen molar-refractivity contribution in [1.82, 2.24) is 4.57 Å². The van der Waals surface area contributed by atoms with Crippen molar-refractivity contribution in [2.45, 2.75) is 19.9 Å². The molecule has 1 aliphatic heterocycles. The quantitative estimate of drug-likeness (QED) is 0.259. The van der Waals surface area contributed by atoms with Crippen LogP contribution in [0.2, 0.25) is 0 Å². The van der Waals surface area contributed by atoms with Crippen LogP contribution >= 0.6 is 49.9 Å². The van der Waals surface area contributed by atoms with E-state index in [-0.39, 0.29) is 11.1 Å². The Hall–Kier alpha value is -2.64. The molecular weight excluding hydrogens is 675 g/mol. The van der Waals surface area contributed by atoms with Gasteiger partial charge in [-0.05, 0) is 93.8 Å². The molecule has 2 heterocycles. The summed E-state index contributed by atoms with van der Waals surface area (Å²) in [6, 6.07) is 8.47. The fourth-order valence-corrected chi connectivity index (χ4v) is 6.85. The Morgan fingerprint density at radius 3 is 2.54 bits per heavy atom. The second kappa shape index (κ2) is 11.8. The third-order valence-corrected chi connectivity index (χ3v) is 7.92. The molecule has 0 amide bonds. The molecule has 1 atom stereocenters. The van der Waals surface area contributed by atoms with Crippen LogP contribution in [0.3, 0.4) is 0 Å². The molecule has 0 aliphatic carbocycles. The van der Waals surface area contributed by atoms with Gasteiger partial charge in [0.05, 0.1) is 51.6 Å². The van der Waals surface area contributed by atoms with Gasteiger partial charge in [-0.3, -0.25) is 9.36 Å². The Kier molecular flexibility index (Phi) is 8.75. The third-order valence-electron chi connectivity index (χ3n) is 5.53. The molecule has 0 spiro atoms. The van der Waals surface area contributed by atoms with E-state index in [1.54, 1.807) is 25.3 Å². The van der Waals surface area contributed by atoms with Gasteiger partial charge in [0, 0.05) is 6.20 Å². The van der Waals surface area contributed by atoms with E-state index in [2.05, 4.69) is 43.5 Å². The Morgan fingerprint density at radius 1 is 1.16 bits per heavy atom. The maximum absolute atomic E-state index is 13.7. The predicted molar refractivity (Wildman–Crippen MR) is 153 cm³/mol. The van der Waals surface area contributed by atoms with Gasteiger partial charge in [0.2, 0.25) is 0 Å². The van der Waals surface area contributed by atoms with Gasteiger partial charge in [0.25, 0.3) is 5.56 Å². The van der Waals surface area contributed by atoms with Gasteiger partial charge in [-0.15, -0.1) is 0 Å². The van der Waals surface area contributed by atoms with Crippen LogP contribution in [0.5, 0.6) is 17.2 Å². The molecule has 0 unspecified atom stereocenters. The maximum atomic E-state index is 13.7. The first-order valence-corrected chi connectivity index (χ1v) is 14.0. The number of aromatic nitrogens is 1. The van der Waals surface area contributed by atoms with E-state index in [9.17, 15) is 9.59 Å². The number of nitrogens with zero attached hydrogens (tertiary/aromatic N) is 2. The average molecular weight is 699 g/mol. The van der Waals surface area contributed by atoms with Gasteiger partial charge < -0.3 is 18.9 Å². The summed E-state index contributed by atoms with van der Waals surface area (Å²) in [4.78, 5) is 31.4. The van der Waals surface area contributed by atoms with Crippen LogP contribution in [0.15, 0.2) is 56.4 Å². The summed E-state index contributed by atoms with van der Waals surface area (Å²) in [5, 5.41) is 0. The number of esters is 1. The van der Waals surface area contributed by atoms with Crippen LogP contribution in [0.1, 0.15) is 31.0 Å². The van der Waals surface area contributed by atoms with E-state index in [0.717, 1.165) is 19.4 Å². The Labute approximate surface area is 239 Å². The fourth-order valence-electron chi connectivity index (χ4n) is 4.00. The van der Waals surface area contributed by atoms with Gasteiger partial charge in [0.1, 0.15) is 5.75 Å². The smallest absolute Gasteiger partial charge is 0.337 e. The number of thiazole rings is 1. The number of fused-ring (bicyclic) bond motifs is 1. The molecule has 0 bridgehead atoms. The number of methoxy groups -OCH3 is 2. The monoisotopic (exact) mass is 698 g/mol. The second-order valence-electron chi connectivity index (χ2n) is 7.77. The van der Waals surface area contributed by atoms with Crippen molar-refractivity contribution in [2.24, 2.45) is 4.99 Å². The van der Waals surface area contributed by atoms with Crippen molar-refractivity contribution in [1.29, 1.82) is 0 Å². The summed E-state index contributed by atoms with van der Waals surface area (Å²) < 4.78 is 25.6. The van der Waals surface area contributed by atoms with Crippen LogP contribution in [0.4, 0.5) is 0 Å². The lowest BCUT2D eigenvalue weighted by molar-refractivity contribution is -0.136. The molecular formula is C26H24BrIN2O6S. The number of carbonyl (C=O) groups excluding carboxylic acids is 1. The van der Waals surface area contributed by atoms with E-state index in [4.69, 9.17) is 18.9 Å². The number of rotatable bonds is 8. The summed E-state index contributed by atoms with van der Waals surface area (Å²) in [7, 11) is 2.91. The van der Waals surface area contributed by atoms with E-state index in [1.807, 2.05) is 32.0 Å². The molecule has 0 radical (unpaired) electrons. The highest BCUT2D eigenvalue weighted by Crippen LogP contribution is 2.35. The van der Waals surface area contributed by atoms with Crippen molar-refractivity contribution in [3.63, 3.8) is 0 Å². The number of hydrogen-bond acceptors (Lipinski definition) is 8.